The predicted octanol–water partition coefficient (Wildman–Crippen LogP) is 1.09. The zero-order valence-electron chi connectivity index (χ0n) is 9.77. The largest absolute Gasteiger partial charge is 0.478 e. The van der Waals surface area contributed by atoms with E-state index in [4.69, 9.17) is 4.74 Å². The van der Waals surface area contributed by atoms with Crippen LogP contribution in [-0.2, 0) is 9.53 Å². The van der Waals surface area contributed by atoms with E-state index in [9.17, 15) is 4.79 Å². The molecule has 16 heavy (non-hydrogen) atoms. The number of pyridine rings is 1. The lowest BCUT2D eigenvalue weighted by Gasteiger charge is -2.16. The third-order valence-corrected chi connectivity index (χ3v) is 1.99. The number of anilines is 1. The number of likely N-dealkylation sites (N-methyl/N-ethyl adjacent to an activating group) is 1. The normalized spacial score (nSPS) is 9.69. The number of methoxy groups -OCH3 is 1. The second-order valence-electron chi connectivity index (χ2n) is 3.20. The summed E-state index contributed by atoms with van der Waals surface area (Å²) in [4.78, 5) is 17.0. The minimum absolute atomic E-state index is 0.166. The van der Waals surface area contributed by atoms with Crippen molar-refractivity contribution in [3.05, 3.63) is 18.2 Å². The van der Waals surface area contributed by atoms with E-state index in [1.54, 1.807) is 18.0 Å². The number of nitrogens with zero attached hydrogens (tertiary/aromatic N) is 2. The fourth-order valence-electron chi connectivity index (χ4n) is 1.18. The first-order chi connectivity index (χ1) is 7.67. The molecule has 5 heteroatoms. The molecular formula is C11H16N2O3. The quantitative estimate of drug-likeness (QED) is 0.701. The molecule has 0 spiro atoms. The molecule has 5 nitrogen and oxygen atoms in total. The summed E-state index contributed by atoms with van der Waals surface area (Å²) in [6, 6.07) is 5.42. The van der Waals surface area contributed by atoms with Crippen LogP contribution in [0.25, 0.3) is 0 Å². The predicted molar refractivity (Wildman–Crippen MR) is 60.7 cm³/mol. The van der Waals surface area contributed by atoms with E-state index >= 15 is 0 Å². The minimum Gasteiger partial charge on any atom is -0.478 e. The van der Waals surface area contributed by atoms with Gasteiger partial charge in [-0.2, -0.15) is 4.98 Å². The van der Waals surface area contributed by atoms with Gasteiger partial charge in [0.15, 0.2) is 0 Å². The summed E-state index contributed by atoms with van der Waals surface area (Å²) in [7, 11) is 3.13. The molecule has 0 saturated heterocycles. The fraction of sp³-hybridized carbons (Fsp3) is 0.455. The molecule has 1 heterocycles. The summed E-state index contributed by atoms with van der Waals surface area (Å²) in [5, 5.41) is 0. The number of aromatic nitrogens is 1. The van der Waals surface area contributed by atoms with Gasteiger partial charge in [-0.05, 0) is 13.0 Å². The number of carbonyl (C=O) groups excluding carboxylic acids is 1. The van der Waals surface area contributed by atoms with Crippen molar-refractivity contribution in [3.63, 3.8) is 0 Å². The molecule has 0 aliphatic heterocycles. The average molecular weight is 224 g/mol. The van der Waals surface area contributed by atoms with E-state index < -0.39 is 0 Å². The average Bonchev–Trinajstić information content (AvgIpc) is 2.29. The van der Waals surface area contributed by atoms with Gasteiger partial charge in [-0.3, -0.25) is 4.79 Å². The first-order valence-electron chi connectivity index (χ1n) is 5.05. The first kappa shape index (κ1) is 12.3. The van der Waals surface area contributed by atoms with E-state index in [0.29, 0.717) is 18.3 Å². The van der Waals surface area contributed by atoms with Crippen molar-refractivity contribution in [2.45, 2.75) is 6.92 Å². The summed E-state index contributed by atoms with van der Waals surface area (Å²) in [5.41, 5.74) is 0. The first-order valence-corrected chi connectivity index (χ1v) is 5.05. The number of hydrogen-bond acceptors (Lipinski definition) is 5. The molecule has 1 aromatic heterocycles. The van der Waals surface area contributed by atoms with E-state index in [2.05, 4.69) is 9.72 Å². The third kappa shape index (κ3) is 3.42. The van der Waals surface area contributed by atoms with Gasteiger partial charge < -0.3 is 14.4 Å². The summed E-state index contributed by atoms with van der Waals surface area (Å²) in [6.07, 6.45) is 0. The molecule has 0 saturated carbocycles. The maximum absolute atomic E-state index is 11.1. The summed E-state index contributed by atoms with van der Waals surface area (Å²) < 4.78 is 9.85. The van der Waals surface area contributed by atoms with Crippen LogP contribution in [-0.4, -0.2) is 38.3 Å². The number of rotatable bonds is 5. The Kier molecular flexibility index (Phi) is 4.57. The molecule has 0 atom stereocenters. The Morgan fingerprint density at radius 1 is 1.50 bits per heavy atom. The van der Waals surface area contributed by atoms with Crippen molar-refractivity contribution >= 4 is 11.8 Å². The van der Waals surface area contributed by atoms with Gasteiger partial charge in [0.2, 0.25) is 5.88 Å². The Hall–Kier alpha value is -1.78. The van der Waals surface area contributed by atoms with Gasteiger partial charge in [0, 0.05) is 13.1 Å². The Morgan fingerprint density at radius 2 is 2.25 bits per heavy atom. The molecule has 0 unspecified atom stereocenters. The molecule has 88 valence electrons. The van der Waals surface area contributed by atoms with Gasteiger partial charge in [0.1, 0.15) is 12.4 Å². The van der Waals surface area contributed by atoms with E-state index in [1.807, 2.05) is 19.1 Å². The van der Waals surface area contributed by atoms with Crippen LogP contribution in [0.15, 0.2) is 18.2 Å². The molecular weight excluding hydrogens is 208 g/mol. The third-order valence-electron chi connectivity index (χ3n) is 1.99. The van der Waals surface area contributed by atoms with Crippen LogP contribution in [0.3, 0.4) is 0 Å². The van der Waals surface area contributed by atoms with Crippen LogP contribution < -0.4 is 9.64 Å². The van der Waals surface area contributed by atoms with Crippen molar-refractivity contribution < 1.29 is 14.3 Å². The standard InChI is InChI=1S/C11H16N2O3/c1-4-16-10-7-5-6-9(12-10)13(2)8-11(14)15-3/h5-7H,4,8H2,1-3H3. The van der Waals surface area contributed by atoms with Crippen molar-refractivity contribution in [2.24, 2.45) is 0 Å². The SMILES string of the molecule is CCOc1cccc(N(C)CC(=O)OC)n1. The number of ether oxygens (including phenoxy) is 2. The second-order valence-corrected chi connectivity index (χ2v) is 3.20. The van der Waals surface area contributed by atoms with Crippen LogP contribution in [0.5, 0.6) is 5.88 Å². The molecule has 0 N–H and O–H groups in total. The molecule has 1 aromatic rings. The molecule has 0 fully saturated rings. The molecule has 0 amide bonds. The van der Waals surface area contributed by atoms with E-state index in [-0.39, 0.29) is 12.5 Å². The second kappa shape index (κ2) is 5.95. The maximum atomic E-state index is 11.1. The highest BCUT2D eigenvalue weighted by Crippen LogP contribution is 2.14. The highest BCUT2D eigenvalue weighted by Gasteiger charge is 2.08. The lowest BCUT2D eigenvalue weighted by molar-refractivity contribution is -0.138. The summed E-state index contributed by atoms with van der Waals surface area (Å²) in [6.45, 7) is 2.63. The topological polar surface area (TPSA) is 51.7 Å². The minimum atomic E-state index is -0.300. The van der Waals surface area contributed by atoms with Crippen LogP contribution >= 0.6 is 0 Å². The van der Waals surface area contributed by atoms with Crippen LogP contribution in [0.4, 0.5) is 5.82 Å². The fourth-order valence-corrected chi connectivity index (χ4v) is 1.18. The van der Waals surface area contributed by atoms with Gasteiger partial charge in [-0.25, -0.2) is 0 Å². The zero-order valence-corrected chi connectivity index (χ0v) is 9.77. The smallest absolute Gasteiger partial charge is 0.325 e. The molecule has 0 radical (unpaired) electrons. The Labute approximate surface area is 95.0 Å². The lowest BCUT2D eigenvalue weighted by atomic mass is 10.4. The summed E-state index contributed by atoms with van der Waals surface area (Å²) >= 11 is 0. The molecule has 0 aromatic carbocycles. The van der Waals surface area contributed by atoms with Crippen molar-refractivity contribution in [1.29, 1.82) is 0 Å². The van der Waals surface area contributed by atoms with Crippen LogP contribution in [0.2, 0.25) is 0 Å². The highest BCUT2D eigenvalue weighted by molar-refractivity contribution is 5.74. The highest BCUT2D eigenvalue weighted by atomic mass is 16.5. The van der Waals surface area contributed by atoms with Gasteiger partial charge >= 0.3 is 5.97 Å². The molecule has 0 aliphatic rings. The van der Waals surface area contributed by atoms with Gasteiger partial charge in [-0.1, -0.05) is 6.07 Å². The summed E-state index contributed by atoms with van der Waals surface area (Å²) in [5.74, 6) is 0.930. The zero-order chi connectivity index (χ0) is 12.0. The monoisotopic (exact) mass is 224 g/mol. The Balaban J connectivity index is 2.71. The number of esters is 1. The van der Waals surface area contributed by atoms with Crippen molar-refractivity contribution in [2.75, 3.05) is 32.2 Å². The van der Waals surface area contributed by atoms with Crippen LogP contribution in [0.1, 0.15) is 6.92 Å². The molecule has 1 rings (SSSR count). The molecule has 0 bridgehead atoms. The van der Waals surface area contributed by atoms with Gasteiger partial charge in [0.05, 0.1) is 13.7 Å². The van der Waals surface area contributed by atoms with Gasteiger partial charge in [0.25, 0.3) is 0 Å². The lowest BCUT2D eigenvalue weighted by Crippen LogP contribution is -2.27. The van der Waals surface area contributed by atoms with Crippen molar-refractivity contribution in [3.8, 4) is 5.88 Å². The van der Waals surface area contributed by atoms with Crippen molar-refractivity contribution in [1.82, 2.24) is 4.98 Å². The number of hydrogen-bond donors (Lipinski definition) is 0. The van der Waals surface area contributed by atoms with Gasteiger partial charge in [-0.15, -0.1) is 0 Å². The Morgan fingerprint density at radius 3 is 2.88 bits per heavy atom. The molecule has 0 aliphatic carbocycles. The number of carbonyl (C=O) groups is 1. The van der Waals surface area contributed by atoms with Crippen LogP contribution in [0, 0.1) is 0 Å². The maximum Gasteiger partial charge on any atom is 0.325 e. The Bertz CT molecular complexity index is 355. The van der Waals surface area contributed by atoms with E-state index in [1.165, 1.54) is 7.11 Å². The van der Waals surface area contributed by atoms with E-state index in [0.717, 1.165) is 0 Å².